The SMILES string of the molecule is CC(C)OC(=O)[C@@H](C)NP(=O)(OC[C@H]1OC(n2cc(Br)c(=O)[nH]c2=O)[C@](C)(Cl)[C@@H]1O)Oc1ccccc1. The molecule has 1 fully saturated rings. The molecule has 12 nitrogen and oxygen atoms in total. The van der Waals surface area contributed by atoms with E-state index in [2.05, 4.69) is 26.0 Å². The third-order valence-electron chi connectivity index (χ3n) is 5.33. The zero-order valence-electron chi connectivity index (χ0n) is 20.4. The number of hydrogen-bond acceptors (Lipinski definition) is 9. The van der Waals surface area contributed by atoms with E-state index in [-0.39, 0.29) is 10.2 Å². The van der Waals surface area contributed by atoms with Gasteiger partial charge in [0.05, 0.1) is 17.2 Å². The molecule has 0 aliphatic carbocycles. The van der Waals surface area contributed by atoms with Gasteiger partial charge < -0.3 is 19.1 Å². The van der Waals surface area contributed by atoms with Crippen molar-refractivity contribution in [2.45, 2.75) is 63.2 Å². The number of aromatic amines is 1. The fourth-order valence-electron chi connectivity index (χ4n) is 3.49. The maximum Gasteiger partial charge on any atom is 0.459 e. The van der Waals surface area contributed by atoms with Gasteiger partial charge in [0.1, 0.15) is 28.9 Å². The van der Waals surface area contributed by atoms with E-state index in [0.717, 1.165) is 4.57 Å². The van der Waals surface area contributed by atoms with Gasteiger partial charge >= 0.3 is 19.4 Å². The molecule has 1 aromatic carbocycles. The van der Waals surface area contributed by atoms with Gasteiger partial charge in [-0.3, -0.25) is 23.7 Å². The Hall–Kier alpha value is -1.99. The largest absolute Gasteiger partial charge is 0.462 e. The Labute approximate surface area is 225 Å². The van der Waals surface area contributed by atoms with E-state index in [0.29, 0.717) is 0 Å². The molecular formula is C22H28BrClN3O9P. The molecule has 1 aromatic heterocycles. The number of hydrogen-bond donors (Lipinski definition) is 3. The Balaban J connectivity index is 1.82. The third kappa shape index (κ3) is 7.11. The quantitative estimate of drug-likeness (QED) is 0.204. The Morgan fingerprint density at radius 3 is 2.59 bits per heavy atom. The van der Waals surface area contributed by atoms with Crippen molar-refractivity contribution in [3.63, 3.8) is 0 Å². The summed E-state index contributed by atoms with van der Waals surface area (Å²) in [6, 6.07) is 7.06. The van der Waals surface area contributed by atoms with Gasteiger partial charge in [0, 0.05) is 6.20 Å². The summed E-state index contributed by atoms with van der Waals surface area (Å²) >= 11 is 9.60. The molecule has 2 unspecified atom stereocenters. The summed E-state index contributed by atoms with van der Waals surface area (Å²) in [7, 11) is -4.24. The van der Waals surface area contributed by atoms with Crippen LogP contribution >= 0.6 is 35.3 Å². The van der Waals surface area contributed by atoms with E-state index >= 15 is 0 Å². The van der Waals surface area contributed by atoms with E-state index in [9.17, 15) is 24.1 Å². The summed E-state index contributed by atoms with van der Waals surface area (Å²) < 4.78 is 36.8. The minimum atomic E-state index is -4.24. The number of nitrogens with zero attached hydrogens (tertiary/aromatic N) is 1. The minimum absolute atomic E-state index is 0.0459. The number of benzene rings is 1. The van der Waals surface area contributed by atoms with Crippen LogP contribution < -0.4 is 20.9 Å². The standard InChI is InChI=1S/C22H28BrClN3O9P/c1-12(2)34-19(30)13(3)26-37(32,36-14-8-6-5-7-9-14)33-11-16-17(28)22(4,24)20(35-16)27-10-15(23)18(29)25-21(27)31/h5-10,12-13,16-17,20,28H,11H2,1-4H3,(H,26,32)(H,25,29,31)/t13-,16-,17-,20?,22-,37?/m1/s1. The van der Waals surface area contributed by atoms with Crippen LogP contribution in [0.4, 0.5) is 0 Å². The maximum atomic E-state index is 13.7. The molecule has 0 bridgehead atoms. The van der Waals surface area contributed by atoms with Crippen LogP contribution in [0.25, 0.3) is 0 Å². The predicted octanol–water partition coefficient (Wildman–Crippen LogP) is 2.69. The van der Waals surface area contributed by atoms with Crippen LogP contribution in [-0.2, 0) is 23.4 Å². The van der Waals surface area contributed by atoms with E-state index in [1.807, 2.05) is 0 Å². The highest BCUT2D eigenvalue weighted by Gasteiger charge is 2.54. The first-order valence-electron chi connectivity index (χ1n) is 11.2. The zero-order valence-corrected chi connectivity index (χ0v) is 23.7. The number of carbonyl (C=O) groups excluding carboxylic acids is 1. The molecule has 0 spiro atoms. The van der Waals surface area contributed by atoms with E-state index in [4.69, 9.17) is 30.1 Å². The van der Waals surface area contributed by atoms with Crippen molar-refractivity contribution in [1.82, 2.24) is 14.6 Å². The fourth-order valence-corrected chi connectivity index (χ4v) is 5.61. The van der Waals surface area contributed by atoms with Gasteiger partial charge in [-0.15, -0.1) is 11.6 Å². The van der Waals surface area contributed by atoms with Crippen LogP contribution in [0.15, 0.2) is 50.6 Å². The monoisotopic (exact) mass is 623 g/mol. The van der Waals surface area contributed by atoms with Crippen molar-refractivity contribution in [3.05, 3.63) is 61.8 Å². The Kier molecular flexibility index (Phi) is 9.44. The number of alkyl halides is 1. The smallest absolute Gasteiger partial charge is 0.459 e. The molecule has 1 aliphatic heterocycles. The average molecular weight is 625 g/mol. The first-order valence-corrected chi connectivity index (χ1v) is 14.0. The van der Waals surface area contributed by atoms with Gasteiger partial charge in [0.2, 0.25) is 0 Å². The van der Waals surface area contributed by atoms with Crippen LogP contribution in [0.5, 0.6) is 5.75 Å². The Bertz CT molecular complexity index is 1270. The second-order valence-electron chi connectivity index (χ2n) is 8.80. The number of nitrogens with one attached hydrogen (secondary N) is 2. The summed E-state index contributed by atoms with van der Waals surface area (Å²) in [4.78, 5) is 37.0. The van der Waals surface area contributed by atoms with Gasteiger partial charge in [0.25, 0.3) is 5.56 Å². The molecule has 1 aliphatic rings. The number of H-pyrrole nitrogens is 1. The van der Waals surface area contributed by atoms with E-state index in [1.54, 1.807) is 44.2 Å². The first kappa shape index (κ1) is 29.6. The fraction of sp³-hybridized carbons (Fsp3) is 0.500. The second kappa shape index (κ2) is 11.8. The molecule has 6 atom stereocenters. The molecule has 204 valence electrons. The Morgan fingerprint density at radius 1 is 1.32 bits per heavy atom. The lowest BCUT2D eigenvalue weighted by molar-refractivity contribution is -0.149. The Morgan fingerprint density at radius 2 is 1.97 bits per heavy atom. The summed E-state index contributed by atoms with van der Waals surface area (Å²) in [5.74, 6) is -0.482. The van der Waals surface area contributed by atoms with Crippen molar-refractivity contribution >= 4 is 41.2 Å². The maximum absolute atomic E-state index is 13.7. The minimum Gasteiger partial charge on any atom is -0.462 e. The average Bonchev–Trinajstić information content (AvgIpc) is 3.03. The normalized spacial score (nSPS) is 26.0. The number of carbonyl (C=O) groups is 1. The van der Waals surface area contributed by atoms with Gasteiger partial charge in [-0.2, -0.15) is 5.09 Å². The van der Waals surface area contributed by atoms with Crippen LogP contribution in [0, 0.1) is 0 Å². The van der Waals surface area contributed by atoms with Crippen molar-refractivity contribution in [1.29, 1.82) is 0 Å². The predicted molar refractivity (Wildman–Crippen MR) is 138 cm³/mol. The molecule has 0 saturated carbocycles. The van der Waals surface area contributed by atoms with Gasteiger partial charge in [-0.25, -0.2) is 9.36 Å². The van der Waals surface area contributed by atoms with Crippen LogP contribution in [0.3, 0.4) is 0 Å². The number of halogens is 2. The van der Waals surface area contributed by atoms with Gasteiger partial charge in [0.15, 0.2) is 6.23 Å². The molecular weight excluding hydrogens is 597 g/mol. The highest BCUT2D eigenvalue weighted by Crippen LogP contribution is 2.48. The highest BCUT2D eigenvalue weighted by molar-refractivity contribution is 9.10. The van der Waals surface area contributed by atoms with Crippen molar-refractivity contribution in [2.24, 2.45) is 0 Å². The van der Waals surface area contributed by atoms with E-state index in [1.165, 1.54) is 20.0 Å². The second-order valence-corrected chi connectivity index (χ2v) is 12.2. The van der Waals surface area contributed by atoms with Gasteiger partial charge in [-0.1, -0.05) is 18.2 Å². The first-order chi connectivity index (χ1) is 17.2. The number of aromatic nitrogens is 2. The third-order valence-corrected chi connectivity index (χ3v) is 7.95. The molecule has 15 heteroatoms. The highest BCUT2D eigenvalue weighted by atomic mass is 79.9. The number of aliphatic hydroxyl groups is 1. The van der Waals surface area contributed by atoms with Crippen molar-refractivity contribution in [2.75, 3.05) is 6.61 Å². The molecule has 3 rings (SSSR count). The van der Waals surface area contributed by atoms with Crippen molar-refractivity contribution in [3.8, 4) is 5.75 Å². The molecule has 3 N–H and O–H groups in total. The molecule has 0 radical (unpaired) electrons. The summed E-state index contributed by atoms with van der Waals surface area (Å²) in [6.45, 7) is 5.72. The molecule has 1 saturated heterocycles. The van der Waals surface area contributed by atoms with Crippen molar-refractivity contribution < 1.29 is 33.0 Å². The lowest BCUT2D eigenvalue weighted by Crippen LogP contribution is -2.43. The molecule has 2 aromatic rings. The topological polar surface area (TPSA) is 158 Å². The summed E-state index contributed by atoms with van der Waals surface area (Å²) in [6.07, 6.45) is -3.00. The van der Waals surface area contributed by atoms with Crippen LogP contribution in [-0.4, -0.2) is 56.5 Å². The van der Waals surface area contributed by atoms with Crippen LogP contribution in [0.2, 0.25) is 0 Å². The summed E-state index contributed by atoms with van der Waals surface area (Å²) in [5.41, 5.74) is -1.46. The number of ether oxygens (including phenoxy) is 2. The lowest BCUT2D eigenvalue weighted by atomic mass is 10.0. The summed E-state index contributed by atoms with van der Waals surface area (Å²) in [5, 5.41) is 13.4. The molecule has 37 heavy (non-hydrogen) atoms. The number of esters is 1. The molecule has 2 heterocycles. The van der Waals surface area contributed by atoms with E-state index < -0.39 is 67.0 Å². The lowest BCUT2D eigenvalue weighted by Gasteiger charge is -2.26. The van der Waals surface area contributed by atoms with Crippen LogP contribution in [0.1, 0.15) is 33.9 Å². The zero-order chi connectivity index (χ0) is 27.5. The number of rotatable bonds is 10. The number of para-hydroxylation sites is 1. The molecule has 0 amide bonds. The van der Waals surface area contributed by atoms with Gasteiger partial charge in [-0.05, 0) is 55.8 Å². The number of aliphatic hydroxyl groups excluding tert-OH is 1.